The maximum absolute atomic E-state index is 9.74. The van der Waals surface area contributed by atoms with Gasteiger partial charge in [0.15, 0.2) is 8.32 Å². The van der Waals surface area contributed by atoms with Gasteiger partial charge in [-0.2, -0.15) is 0 Å². The Morgan fingerprint density at radius 3 is 1.06 bits per heavy atom. The average molecular weight is 605 g/mol. The summed E-state index contributed by atoms with van der Waals surface area (Å²) in [5.41, 5.74) is 0. The second-order valence-corrected chi connectivity index (χ2v) is 39.1. The minimum absolute atomic E-state index is 0.122. The SMILES string of the molecule is C[Si](C)(C)O[Si](C)(C)O[Si](C)(C)O[Si](C)(C)O[Si](C)(C)O[Si](C)(C)O[Si](C)(C)/C(=C\CO)CO. The zero-order valence-corrected chi connectivity index (χ0v) is 31.3. The first-order chi connectivity index (χ1) is 14.8. The van der Waals surface area contributed by atoms with Gasteiger partial charge in [-0.05, 0) is 103 Å². The summed E-state index contributed by atoms with van der Waals surface area (Å²) < 4.78 is 39.1. The molecule has 0 aliphatic carbocycles. The Morgan fingerprint density at radius 2 is 0.794 bits per heavy atom. The van der Waals surface area contributed by atoms with E-state index in [1.54, 1.807) is 6.08 Å². The van der Waals surface area contributed by atoms with E-state index in [0.29, 0.717) is 0 Å². The first-order valence-electron chi connectivity index (χ1n) is 11.9. The summed E-state index contributed by atoms with van der Waals surface area (Å²) >= 11 is 0. The summed E-state index contributed by atoms with van der Waals surface area (Å²) in [4.78, 5) is 0. The van der Waals surface area contributed by atoms with Gasteiger partial charge in [-0.1, -0.05) is 6.08 Å². The summed E-state index contributed by atoms with van der Waals surface area (Å²) in [6.07, 6.45) is 1.64. The lowest BCUT2D eigenvalue weighted by Gasteiger charge is -2.43. The molecule has 2 N–H and O–H groups in total. The molecule has 0 saturated carbocycles. The van der Waals surface area contributed by atoms with Crippen molar-refractivity contribution in [1.82, 2.24) is 0 Å². The second kappa shape index (κ2) is 12.2. The highest BCUT2D eigenvalue weighted by molar-refractivity contribution is 6.92. The van der Waals surface area contributed by atoms with Crippen molar-refractivity contribution in [3.63, 3.8) is 0 Å². The Morgan fingerprint density at radius 1 is 0.500 bits per heavy atom. The van der Waals surface area contributed by atoms with Crippen LogP contribution < -0.4 is 0 Å². The summed E-state index contributed by atoms with van der Waals surface area (Å²) in [6, 6.07) is 0. The molecule has 0 atom stereocenters. The molecule has 0 heterocycles. The van der Waals surface area contributed by atoms with Crippen LogP contribution in [0.15, 0.2) is 11.3 Å². The fraction of sp³-hybridized carbons (Fsp3) is 0.895. The molecule has 0 aliphatic rings. The van der Waals surface area contributed by atoms with E-state index in [2.05, 4.69) is 45.8 Å². The fourth-order valence-electron chi connectivity index (χ4n) is 4.50. The van der Waals surface area contributed by atoms with Gasteiger partial charge < -0.3 is 34.9 Å². The Labute approximate surface area is 216 Å². The third-order valence-electron chi connectivity index (χ3n) is 4.30. The third kappa shape index (κ3) is 14.6. The van der Waals surface area contributed by atoms with Crippen LogP contribution >= 0.6 is 0 Å². The molecular formula is C19H52O8Si7. The van der Waals surface area contributed by atoms with E-state index in [-0.39, 0.29) is 13.2 Å². The van der Waals surface area contributed by atoms with E-state index < -0.39 is 59.4 Å². The highest BCUT2D eigenvalue weighted by atomic mass is 28.5. The molecule has 0 spiro atoms. The molecule has 0 rings (SSSR count). The highest BCUT2D eigenvalue weighted by Gasteiger charge is 2.48. The summed E-state index contributed by atoms with van der Waals surface area (Å²) in [5, 5.41) is 19.8. The van der Waals surface area contributed by atoms with Crippen LogP contribution in [0.2, 0.25) is 98.2 Å². The van der Waals surface area contributed by atoms with E-state index in [1.807, 2.05) is 52.4 Å². The molecule has 0 aromatic carbocycles. The Bertz CT molecular complexity index is 689. The first kappa shape index (κ1) is 34.9. The standard InChI is InChI=1S/C19H52O8Si7/c1-28(2,3)22-30(6,7)24-32(10,11)26-34(14,15)27-33(12,13)25-31(8,9)23-29(4,5)19(18-21)16-17-20/h16,20-21H,17-18H2,1-15H3/b19-16-. The van der Waals surface area contributed by atoms with E-state index in [9.17, 15) is 10.2 Å². The number of aliphatic hydroxyl groups is 2. The molecule has 0 bridgehead atoms. The van der Waals surface area contributed by atoms with Crippen LogP contribution in [0.3, 0.4) is 0 Å². The minimum Gasteiger partial charge on any atom is -0.437 e. The lowest BCUT2D eigenvalue weighted by atomic mass is 10.5. The number of aliphatic hydroxyl groups excluding tert-OH is 2. The van der Waals surface area contributed by atoms with Crippen LogP contribution in [0.5, 0.6) is 0 Å². The lowest BCUT2D eigenvalue weighted by Crippen LogP contribution is -2.61. The Hall–Kier alpha value is 0.938. The van der Waals surface area contributed by atoms with Gasteiger partial charge in [0.05, 0.1) is 13.2 Å². The van der Waals surface area contributed by atoms with Crippen molar-refractivity contribution in [2.24, 2.45) is 0 Å². The maximum atomic E-state index is 9.74. The van der Waals surface area contributed by atoms with Gasteiger partial charge in [-0.3, -0.25) is 0 Å². The zero-order valence-electron chi connectivity index (χ0n) is 24.3. The molecule has 15 heteroatoms. The highest BCUT2D eigenvalue weighted by Crippen LogP contribution is 2.29. The number of hydrogen-bond donors (Lipinski definition) is 2. The van der Waals surface area contributed by atoms with Crippen LogP contribution in [0.1, 0.15) is 0 Å². The van der Waals surface area contributed by atoms with E-state index in [4.69, 9.17) is 24.7 Å². The van der Waals surface area contributed by atoms with Gasteiger partial charge >= 0.3 is 42.8 Å². The first-order valence-corrected chi connectivity index (χ1v) is 32.3. The molecule has 0 fully saturated rings. The van der Waals surface area contributed by atoms with Crippen molar-refractivity contribution in [3.05, 3.63) is 11.3 Å². The third-order valence-corrected chi connectivity index (χ3v) is 30.4. The molecule has 0 saturated heterocycles. The molecule has 8 nitrogen and oxygen atoms in total. The molecule has 34 heavy (non-hydrogen) atoms. The Kier molecular flexibility index (Phi) is 12.5. The van der Waals surface area contributed by atoms with Crippen LogP contribution in [-0.4, -0.2) is 82.9 Å². The molecule has 0 aromatic rings. The van der Waals surface area contributed by atoms with E-state index >= 15 is 0 Å². The number of rotatable bonds is 15. The monoisotopic (exact) mass is 604 g/mol. The molecular weight excluding hydrogens is 553 g/mol. The fourth-order valence-corrected chi connectivity index (χ4v) is 38.5. The van der Waals surface area contributed by atoms with Gasteiger partial charge in [0, 0.05) is 0 Å². The van der Waals surface area contributed by atoms with Gasteiger partial charge in [-0.15, -0.1) is 0 Å². The largest absolute Gasteiger partial charge is 0.437 e. The van der Waals surface area contributed by atoms with Crippen molar-refractivity contribution in [2.45, 2.75) is 98.2 Å². The van der Waals surface area contributed by atoms with Crippen molar-refractivity contribution in [1.29, 1.82) is 0 Å². The topological polar surface area (TPSA) is 95.8 Å². The zero-order chi connectivity index (χ0) is 27.4. The van der Waals surface area contributed by atoms with Crippen LogP contribution in [0.4, 0.5) is 0 Å². The van der Waals surface area contributed by atoms with Gasteiger partial charge in [0.25, 0.3) is 0 Å². The van der Waals surface area contributed by atoms with Gasteiger partial charge in [-0.25, -0.2) is 0 Å². The predicted molar refractivity (Wildman–Crippen MR) is 157 cm³/mol. The lowest BCUT2D eigenvalue weighted by molar-refractivity contribution is 0.271. The minimum atomic E-state index is -2.62. The van der Waals surface area contributed by atoms with Crippen molar-refractivity contribution in [3.8, 4) is 0 Å². The van der Waals surface area contributed by atoms with Crippen molar-refractivity contribution >= 4 is 59.4 Å². The molecule has 0 radical (unpaired) electrons. The summed E-state index contributed by atoms with van der Waals surface area (Å²) in [6.45, 7) is 30.7. The molecule has 0 unspecified atom stereocenters. The van der Waals surface area contributed by atoms with Crippen LogP contribution in [-0.2, 0) is 24.7 Å². The van der Waals surface area contributed by atoms with Gasteiger partial charge in [0.1, 0.15) is 0 Å². The molecule has 204 valence electrons. The predicted octanol–water partition coefficient (Wildman–Crippen LogP) is 5.09. The second-order valence-electron chi connectivity index (χ2n) is 12.3. The molecule has 0 aliphatic heterocycles. The normalized spacial score (nSPS) is 15.7. The van der Waals surface area contributed by atoms with E-state index in [1.165, 1.54) is 0 Å². The average Bonchev–Trinajstić information content (AvgIpc) is 2.42. The summed E-state index contributed by atoms with van der Waals surface area (Å²) in [7, 11) is -16.8. The van der Waals surface area contributed by atoms with Crippen molar-refractivity contribution < 1.29 is 34.9 Å². The molecule has 0 amide bonds. The Balaban J connectivity index is 5.38. The smallest absolute Gasteiger partial charge is 0.314 e. The number of hydrogen-bond acceptors (Lipinski definition) is 8. The quantitative estimate of drug-likeness (QED) is 0.250. The van der Waals surface area contributed by atoms with Crippen LogP contribution in [0.25, 0.3) is 0 Å². The van der Waals surface area contributed by atoms with Gasteiger partial charge in [0.2, 0.25) is 8.32 Å². The maximum Gasteiger partial charge on any atom is 0.314 e. The van der Waals surface area contributed by atoms with Crippen molar-refractivity contribution in [2.75, 3.05) is 13.2 Å². The van der Waals surface area contributed by atoms with Crippen LogP contribution in [0, 0.1) is 0 Å². The summed E-state index contributed by atoms with van der Waals surface area (Å²) in [5.74, 6) is 0. The molecule has 0 aromatic heterocycles. The van der Waals surface area contributed by atoms with E-state index in [0.717, 1.165) is 5.20 Å².